The molecule has 0 aliphatic rings. The van der Waals surface area contributed by atoms with Crippen molar-refractivity contribution in [2.45, 2.75) is 22.9 Å². The Morgan fingerprint density at radius 1 is 1.67 bits per heavy atom. The molecule has 0 aromatic carbocycles. The van der Waals surface area contributed by atoms with Crippen LogP contribution in [0.3, 0.4) is 0 Å². The van der Waals surface area contributed by atoms with Crippen molar-refractivity contribution >= 4 is 39.0 Å². The second-order valence-electron chi connectivity index (χ2n) is 2.26. The minimum absolute atomic E-state index is 0.230. The van der Waals surface area contributed by atoms with Crippen molar-refractivity contribution in [2.75, 3.05) is 6.61 Å². The van der Waals surface area contributed by atoms with E-state index in [0.29, 0.717) is 5.25 Å². The Balaban J connectivity index is 2.41. The number of thioether (sulfide) groups is 1. The Morgan fingerprint density at radius 3 is 2.92 bits per heavy atom. The van der Waals surface area contributed by atoms with Gasteiger partial charge in [-0.3, -0.25) is 0 Å². The monoisotopic (exact) mass is 268 g/mol. The highest BCUT2D eigenvalue weighted by Gasteiger charge is 2.07. The number of nitrogens with zero attached hydrogens (tertiary/aromatic N) is 2. The smallest absolute Gasteiger partial charge is 0.184 e. The van der Waals surface area contributed by atoms with Crippen LogP contribution in [0.4, 0.5) is 0 Å². The Labute approximate surface area is 87.7 Å². The lowest BCUT2D eigenvalue weighted by atomic mass is 10.4. The third-order valence-corrected chi connectivity index (χ3v) is 3.83. The van der Waals surface area contributed by atoms with Gasteiger partial charge in [0.25, 0.3) is 0 Å². The number of hydrogen-bond donors (Lipinski definition) is 1. The molecule has 0 fully saturated rings. The topological polar surface area (TPSA) is 46.0 Å². The molecule has 0 aliphatic heterocycles. The molecule has 0 radical (unpaired) electrons. The van der Waals surface area contributed by atoms with Gasteiger partial charge in [0.2, 0.25) is 0 Å². The highest BCUT2D eigenvalue weighted by Crippen LogP contribution is 2.29. The first-order valence-electron chi connectivity index (χ1n) is 3.49. The number of aliphatic hydroxyl groups is 1. The number of hydrogen-bond acceptors (Lipinski definition) is 5. The third kappa shape index (κ3) is 3.38. The number of halogens is 1. The fourth-order valence-corrected chi connectivity index (χ4v) is 3.40. The molecule has 0 saturated carbocycles. The molecular formula is C6H9BrN2OS2. The molecule has 1 rings (SSSR count). The van der Waals surface area contributed by atoms with Crippen LogP contribution >= 0.6 is 39.0 Å². The van der Waals surface area contributed by atoms with E-state index in [2.05, 4.69) is 33.1 Å². The van der Waals surface area contributed by atoms with Crippen LogP contribution in [0.5, 0.6) is 0 Å². The number of aliphatic hydroxyl groups excluding tert-OH is 1. The first-order chi connectivity index (χ1) is 5.72. The average Bonchev–Trinajstić information content (AvgIpc) is 2.36. The maximum atomic E-state index is 8.66. The van der Waals surface area contributed by atoms with Crippen LogP contribution in [0.2, 0.25) is 0 Å². The summed E-state index contributed by atoms with van der Waals surface area (Å²) in [5.41, 5.74) is 0. The van der Waals surface area contributed by atoms with Crippen LogP contribution in [0.1, 0.15) is 13.3 Å². The lowest BCUT2D eigenvalue weighted by Gasteiger charge is -2.04. The second-order valence-corrected chi connectivity index (χ2v) is 6.20. The zero-order chi connectivity index (χ0) is 8.97. The molecule has 3 nitrogen and oxygen atoms in total. The molecule has 1 heterocycles. The first-order valence-corrected chi connectivity index (χ1v) is 5.98. The van der Waals surface area contributed by atoms with E-state index in [0.717, 1.165) is 14.7 Å². The van der Waals surface area contributed by atoms with Crippen molar-refractivity contribution in [3.63, 3.8) is 0 Å². The summed E-state index contributed by atoms with van der Waals surface area (Å²) >= 11 is 6.40. The minimum Gasteiger partial charge on any atom is -0.396 e. The van der Waals surface area contributed by atoms with Crippen LogP contribution in [-0.2, 0) is 0 Å². The van der Waals surface area contributed by atoms with Gasteiger partial charge in [0.1, 0.15) is 0 Å². The van der Waals surface area contributed by atoms with Gasteiger partial charge in [-0.15, -0.1) is 10.2 Å². The van der Waals surface area contributed by atoms with E-state index in [4.69, 9.17) is 5.11 Å². The third-order valence-electron chi connectivity index (χ3n) is 1.22. The zero-order valence-electron chi connectivity index (χ0n) is 6.53. The van der Waals surface area contributed by atoms with Crippen molar-refractivity contribution in [3.8, 4) is 0 Å². The summed E-state index contributed by atoms with van der Waals surface area (Å²) in [7, 11) is 0. The summed E-state index contributed by atoms with van der Waals surface area (Å²) in [5, 5.41) is 16.8. The van der Waals surface area contributed by atoms with Gasteiger partial charge in [-0.2, -0.15) is 0 Å². The molecule has 6 heteroatoms. The van der Waals surface area contributed by atoms with Crippen molar-refractivity contribution in [1.29, 1.82) is 0 Å². The normalized spacial score (nSPS) is 13.2. The SMILES string of the molecule is CC(CCO)Sc1nnc(Br)s1. The van der Waals surface area contributed by atoms with Gasteiger partial charge in [0.05, 0.1) is 0 Å². The van der Waals surface area contributed by atoms with Crippen LogP contribution in [-0.4, -0.2) is 27.2 Å². The lowest BCUT2D eigenvalue weighted by molar-refractivity contribution is 0.289. The minimum atomic E-state index is 0.230. The van der Waals surface area contributed by atoms with Gasteiger partial charge < -0.3 is 5.11 Å². The molecule has 1 aromatic heterocycles. The first kappa shape index (κ1) is 10.4. The molecule has 68 valence electrons. The Bertz CT molecular complexity index is 243. The molecule has 1 N–H and O–H groups in total. The quantitative estimate of drug-likeness (QED) is 0.851. The summed E-state index contributed by atoms with van der Waals surface area (Å²) in [5.74, 6) is 0. The molecule has 0 saturated heterocycles. The molecule has 1 aromatic rings. The largest absolute Gasteiger partial charge is 0.396 e. The van der Waals surface area contributed by atoms with Crippen molar-refractivity contribution in [3.05, 3.63) is 3.92 Å². The van der Waals surface area contributed by atoms with E-state index >= 15 is 0 Å². The molecule has 1 unspecified atom stereocenters. The van der Waals surface area contributed by atoms with Gasteiger partial charge >= 0.3 is 0 Å². The molecule has 1 atom stereocenters. The van der Waals surface area contributed by atoms with E-state index < -0.39 is 0 Å². The highest BCUT2D eigenvalue weighted by molar-refractivity contribution is 9.11. The van der Waals surface area contributed by atoms with Gasteiger partial charge in [0, 0.05) is 11.9 Å². The van der Waals surface area contributed by atoms with Crippen LogP contribution in [0.25, 0.3) is 0 Å². The van der Waals surface area contributed by atoms with Gasteiger partial charge in [-0.25, -0.2) is 0 Å². The Morgan fingerprint density at radius 2 is 2.42 bits per heavy atom. The summed E-state index contributed by atoms with van der Waals surface area (Å²) in [4.78, 5) is 0. The molecule has 12 heavy (non-hydrogen) atoms. The highest BCUT2D eigenvalue weighted by atomic mass is 79.9. The van der Waals surface area contributed by atoms with Crippen LogP contribution < -0.4 is 0 Å². The molecule has 0 spiro atoms. The van der Waals surface area contributed by atoms with E-state index in [1.165, 1.54) is 11.3 Å². The zero-order valence-corrected chi connectivity index (χ0v) is 9.75. The maximum absolute atomic E-state index is 8.66. The molecule has 0 bridgehead atoms. The summed E-state index contributed by atoms with van der Waals surface area (Å²) in [6.07, 6.45) is 0.794. The standard InChI is InChI=1S/C6H9BrN2OS2/c1-4(2-3-10)11-6-9-8-5(7)12-6/h4,10H,2-3H2,1H3. The molecule has 0 aliphatic carbocycles. The summed E-state index contributed by atoms with van der Waals surface area (Å²) < 4.78 is 1.75. The predicted octanol–water partition coefficient (Wildman–Crippen LogP) is 2.16. The molecule has 0 amide bonds. The van der Waals surface area contributed by atoms with E-state index in [-0.39, 0.29) is 6.61 Å². The second kappa shape index (κ2) is 5.16. The van der Waals surface area contributed by atoms with Gasteiger partial charge in [-0.1, -0.05) is 30.0 Å². The van der Waals surface area contributed by atoms with Crippen molar-refractivity contribution in [2.24, 2.45) is 0 Å². The Hall–Kier alpha value is 0.350. The summed E-state index contributed by atoms with van der Waals surface area (Å²) in [6, 6.07) is 0. The van der Waals surface area contributed by atoms with E-state index in [1.807, 2.05) is 0 Å². The predicted molar refractivity (Wildman–Crippen MR) is 54.6 cm³/mol. The number of aromatic nitrogens is 2. The van der Waals surface area contributed by atoms with E-state index in [1.54, 1.807) is 11.8 Å². The van der Waals surface area contributed by atoms with E-state index in [9.17, 15) is 0 Å². The van der Waals surface area contributed by atoms with Crippen molar-refractivity contribution in [1.82, 2.24) is 10.2 Å². The van der Waals surface area contributed by atoms with Crippen molar-refractivity contribution < 1.29 is 5.11 Å². The average molecular weight is 269 g/mol. The number of rotatable bonds is 4. The molecular weight excluding hydrogens is 260 g/mol. The van der Waals surface area contributed by atoms with Crippen LogP contribution in [0.15, 0.2) is 8.26 Å². The van der Waals surface area contributed by atoms with Crippen LogP contribution in [0, 0.1) is 0 Å². The maximum Gasteiger partial charge on any atom is 0.184 e. The van der Waals surface area contributed by atoms with Gasteiger partial charge in [-0.05, 0) is 22.4 Å². The fraction of sp³-hybridized carbons (Fsp3) is 0.667. The summed E-state index contributed by atoms with van der Waals surface area (Å²) in [6.45, 7) is 2.30. The lowest BCUT2D eigenvalue weighted by Crippen LogP contribution is -1.98. The van der Waals surface area contributed by atoms with Gasteiger partial charge in [0.15, 0.2) is 8.26 Å². The Kier molecular flexibility index (Phi) is 4.49. The fourth-order valence-electron chi connectivity index (χ4n) is 0.653.